The maximum Gasteiger partial charge on any atom is 0.416 e. The molecule has 0 aliphatic heterocycles. The zero-order valence-electron chi connectivity index (χ0n) is 15.2. The number of amides is 1. The van der Waals surface area contributed by atoms with Crippen molar-refractivity contribution in [3.8, 4) is 17.1 Å². The van der Waals surface area contributed by atoms with Crippen LogP contribution in [0.2, 0.25) is 5.02 Å². The third kappa shape index (κ3) is 4.56. The van der Waals surface area contributed by atoms with Crippen LogP contribution < -0.4 is 5.73 Å². The summed E-state index contributed by atoms with van der Waals surface area (Å²) in [5.74, 6) is -0.285. The van der Waals surface area contributed by atoms with Gasteiger partial charge in [-0.05, 0) is 36.8 Å². The second-order valence-electron chi connectivity index (χ2n) is 6.09. The molecule has 2 aromatic carbocycles. The van der Waals surface area contributed by atoms with Crippen LogP contribution in [-0.2, 0) is 11.0 Å². The van der Waals surface area contributed by atoms with Gasteiger partial charge in [0.25, 0.3) is 0 Å². The Kier molecular flexibility index (Phi) is 6.18. The van der Waals surface area contributed by atoms with E-state index in [0.29, 0.717) is 17.0 Å². The second kappa shape index (κ2) is 8.46. The van der Waals surface area contributed by atoms with Crippen LogP contribution in [-0.4, -0.2) is 25.9 Å². The number of carbonyl (C=O) groups is 1. The Morgan fingerprint density at radius 3 is 2.55 bits per heavy atom. The zero-order valence-corrected chi connectivity index (χ0v) is 16.7. The number of nitrogens with zero attached hydrogens (tertiary/aromatic N) is 3. The van der Waals surface area contributed by atoms with Gasteiger partial charge in [-0.3, -0.25) is 9.36 Å². The van der Waals surface area contributed by atoms with Gasteiger partial charge in [-0.2, -0.15) is 13.2 Å². The van der Waals surface area contributed by atoms with Crippen LogP contribution in [0.1, 0.15) is 18.9 Å². The Hall–Kier alpha value is -2.52. The van der Waals surface area contributed by atoms with Crippen molar-refractivity contribution in [1.82, 2.24) is 14.8 Å². The first-order valence-electron chi connectivity index (χ1n) is 8.56. The number of halogens is 4. The fourth-order valence-electron chi connectivity index (χ4n) is 2.69. The van der Waals surface area contributed by atoms with Gasteiger partial charge in [0.2, 0.25) is 5.91 Å². The summed E-state index contributed by atoms with van der Waals surface area (Å²) >= 11 is 7.32. The van der Waals surface area contributed by atoms with Crippen molar-refractivity contribution in [2.24, 2.45) is 5.73 Å². The van der Waals surface area contributed by atoms with Crippen LogP contribution in [0.3, 0.4) is 0 Å². The minimum absolute atomic E-state index is 0.196. The van der Waals surface area contributed by atoms with Crippen molar-refractivity contribution in [2.75, 3.05) is 0 Å². The molecule has 0 saturated carbocycles. The summed E-state index contributed by atoms with van der Waals surface area (Å²) < 4.78 is 41.2. The lowest BCUT2D eigenvalue weighted by molar-refractivity contribution is -0.137. The molecule has 2 N–H and O–H groups in total. The summed E-state index contributed by atoms with van der Waals surface area (Å²) in [4.78, 5) is 11.7. The SMILES string of the molecule is CCC(Sc1nnc(-c2ccccc2Cl)n1-c1cccc(C(F)(F)F)c1)C(N)=O. The average Bonchev–Trinajstić information content (AvgIpc) is 3.09. The summed E-state index contributed by atoms with van der Waals surface area (Å²) in [6.45, 7) is 1.78. The molecular formula is C19H16ClF3N4OS. The van der Waals surface area contributed by atoms with E-state index in [9.17, 15) is 18.0 Å². The van der Waals surface area contributed by atoms with Gasteiger partial charge in [0.1, 0.15) is 0 Å². The number of alkyl halides is 3. The van der Waals surface area contributed by atoms with Crippen LogP contribution in [0.4, 0.5) is 13.2 Å². The third-order valence-electron chi connectivity index (χ3n) is 4.12. The van der Waals surface area contributed by atoms with Gasteiger partial charge in [-0.15, -0.1) is 10.2 Å². The highest BCUT2D eigenvalue weighted by molar-refractivity contribution is 8.00. The van der Waals surface area contributed by atoms with Gasteiger partial charge in [0, 0.05) is 5.56 Å². The molecule has 1 amide bonds. The van der Waals surface area contributed by atoms with E-state index in [1.807, 2.05) is 0 Å². The van der Waals surface area contributed by atoms with E-state index in [4.69, 9.17) is 17.3 Å². The number of carbonyl (C=O) groups excluding carboxylic acids is 1. The summed E-state index contributed by atoms with van der Waals surface area (Å²) in [7, 11) is 0. The van der Waals surface area contributed by atoms with Crippen molar-refractivity contribution in [3.05, 3.63) is 59.1 Å². The molecule has 1 unspecified atom stereocenters. The van der Waals surface area contributed by atoms with Gasteiger partial charge >= 0.3 is 6.18 Å². The molecular weight excluding hydrogens is 425 g/mol. The van der Waals surface area contributed by atoms with Gasteiger partial charge < -0.3 is 5.73 Å². The molecule has 29 heavy (non-hydrogen) atoms. The van der Waals surface area contributed by atoms with Gasteiger partial charge in [0.15, 0.2) is 11.0 Å². The second-order valence-corrected chi connectivity index (χ2v) is 7.66. The first-order valence-corrected chi connectivity index (χ1v) is 9.82. The van der Waals surface area contributed by atoms with Crippen LogP contribution in [0, 0.1) is 0 Å². The number of benzene rings is 2. The van der Waals surface area contributed by atoms with E-state index in [1.54, 1.807) is 31.2 Å². The molecule has 0 fully saturated rings. The molecule has 3 rings (SSSR count). The van der Waals surface area contributed by atoms with Crippen molar-refractivity contribution in [3.63, 3.8) is 0 Å². The third-order valence-corrected chi connectivity index (χ3v) is 5.77. The normalized spacial score (nSPS) is 12.7. The summed E-state index contributed by atoms with van der Waals surface area (Å²) in [5.41, 5.74) is 5.30. The van der Waals surface area contributed by atoms with Gasteiger partial charge in [-0.1, -0.05) is 48.5 Å². The number of hydrogen-bond acceptors (Lipinski definition) is 4. The highest BCUT2D eigenvalue weighted by atomic mass is 35.5. The van der Waals surface area contributed by atoms with E-state index in [0.717, 1.165) is 23.9 Å². The van der Waals surface area contributed by atoms with E-state index in [-0.39, 0.29) is 16.7 Å². The van der Waals surface area contributed by atoms with Gasteiger partial charge in [-0.25, -0.2) is 0 Å². The highest BCUT2D eigenvalue weighted by Crippen LogP contribution is 2.36. The molecule has 3 aromatic rings. The Labute approximate surface area is 174 Å². The van der Waals surface area contributed by atoms with E-state index >= 15 is 0 Å². The highest BCUT2D eigenvalue weighted by Gasteiger charge is 2.31. The van der Waals surface area contributed by atoms with Crippen LogP contribution in [0.25, 0.3) is 17.1 Å². The molecule has 1 aromatic heterocycles. The Morgan fingerprint density at radius 2 is 1.93 bits per heavy atom. The maximum atomic E-state index is 13.2. The molecule has 10 heteroatoms. The molecule has 152 valence electrons. The van der Waals surface area contributed by atoms with Crippen LogP contribution in [0.5, 0.6) is 0 Å². The summed E-state index contributed by atoms with van der Waals surface area (Å²) in [5, 5.41) is 8.24. The molecule has 1 atom stereocenters. The number of hydrogen-bond donors (Lipinski definition) is 1. The topological polar surface area (TPSA) is 73.8 Å². The first-order chi connectivity index (χ1) is 13.7. The molecule has 0 spiro atoms. The fourth-order valence-corrected chi connectivity index (χ4v) is 3.83. The molecule has 0 radical (unpaired) electrons. The monoisotopic (exact) mass is 440 g/mol. The lowest BCUT2D eigenvalue weighted by Crippen LogP contribution is -2.25. The van der Waals surface area contributed by atoms with Crippen molar-refractivity contribution in [1.29, 1.82) is 0 Å². The number of thioether (sulfide) groups is 1. The molecule has 0 aliphatic rings. The molecule has 1 heterocycles. The Balaban J connectivity index is 2.20. The maximum absolute atomic E-state index is 13.2. The average molecular weight is 441 g/mol. The Morgan fingerprint density at radius 1 is 1.21 bits per heavy atom. The number of primary amides is 1. The molecule has 5 nitrogen and oxygen atoms in total. The van der Waals surface area contributed by atoms with Crippen LogP contribution >= 0.6 is 23.4 Å². The number of aromatic nitrogens is 3. The molecule has 0 bridgehead atoms. The standard InChI is InChI=1S/C19H16ClF3N4OS/c1-2-15(16(24)28)29-18-26-25-17(13-8-3-4-9-14(13)20)27(18)12-7-5-6-11(10-12)19(21,22)23/h3-10,15H,2H2,1H3,(H2,24,28). The van der Waals surface area contributed by atoms with Gasteiger partial charge in [0.05, 0.1) is 21.5 Å². The molecule has 0 aliphatic carbocycles. The predicted octanol–water partition coefficient (Wildman–Crippen LogP) is 4.96. The smallest absolute Gasteiger partial charge is 0.369 e. The zero-order chi connectivity index (χ0) is 21.2. The van der Waals surface area contributed by atoms with Crippen molar-refractivity contribution >= 4 is 29.3 Å². The minimum Gasteiger partial charge on any atom is -0.369 e. The van der Waals surface area contributed by atoms with E-state index in [1.165, 1.54) is 16.7 Å². The quantitative estimate of drug-likeness (QED) is 0.549. The van der Waals surface area contributed by atoms with Crippen molar-refractivity contribution in [2.45, 2.75) is 29.9 Å². The van der Waals surface area contributed by atoms with Crippen LogP contribution in [0.15, 0.2) is 53.7 Å². The lowest BCUT2D eigenvalue weighted by Gasteiger charge is -2.15. The predicted molar refractivity (Wildman–Crippen MR) is 106 cm³/mol. The van der Waals surface area contributed by atoms with E-state index < -0.39 is 22.9 Å². The Bertz CT molecular complexity index is 1040. The minimum atomic E-state index is -4.51. The molecule has 0 saturated heterocycles. The first kappa shape index (κ1) is 21.2. The summed E-state index contributed by atoms with van der Waals surface area (Å²) in [6.07, 6.45) is -4.09. The summed E-state index contributed by atoms with van der Waals surface area (Å²) in [6, 6.07) is 11.6. The van der Waals surface area contributed by atoms with Crippen molar-refractivity contribution < 1.29 is 18.0 Å². The fraction of sp³-hybridized carbons (Fsp3) is 0.211. The number of rotatable bonds is 6. The van der Waals surface area contributed by atoms with E-state index in [2.05, 4.69) is 10.2 Å². The lowest BCUT2D eigenvalue weighted by atomic mass is 10.1. The number of nitrogens with two attached hydrogens (primary N) is 1. The largest absolute Gasteiger partial charge is 0.416 e.